The fraction of sp³-hybridized carbons (Fsp3) is 0.500. The highest BCUT2D eigenvalue weighted by molar-refractivity contribution is 5.98. The van der Waals surface area contributed by atoms with Crippen molar-refractivity contribution < 1.29 is 9.60 Å². The lowest BCUT2D eigenvalue weighted by Crippen LogP contribution is -2.27. The average Bonchev–Trinajstić information content (AvgIpc) is 2.40. The summed E-state index contributed by atoms with van der Waals surface area (Å²) in [5.74, 6) is -0.440. The first kappa shape index (κ1) is 15.4. The quantitative estimate of drug-likeness (QED) is 0.345. The normalized spacial score (nSPS) is 12.1. The van der Waals surface area contributed by atoms with Gasteiger partial charge >= 0.3 is 0 Å². The van der Waals surface area contributed by atoms with Gasteiger partial charge in [0, 0.05) is 12.1 Å². The number of amidine groups is 1. The molecule has 106 valence electrons. The summed E-state index contributed by atoms with van der Waals surface area (Å²) >= 11 is 0. The van der Waals surface area contributed by atoms with Gasteiger partial charge in [0.25, 0.3) is 0 Å². The number of hydrogen-bond donors (Lipinski definition) is 2. The van der Waals surface area contributed by atoms with Crippen molar-refractivity contribution in [1.29, 1.82) is 0 Å². The smallest absolute Gasteiger partial charge is 0.170 e. The molecule has 5 heteroatoms. The summed E-state index contributed by atoms with van der Waals surface area (Å²) in [6.45, 7) is 6.87. The van der Waals surface area contributed by atoms with Gasteiger partial charge in [-0.3, -0.25) is 4.90 Å². The first-order chi connectivity index (χ1) is 9.12. The van der Waals surface area contributed by atoms with Crippen LogP contribution in [-0.4, -0.2) is 29.0 Å². The van der Waals surface area contributed by atoms with Gasteiger partial charge < -0.3 is 10.9 Å². The van der Waals surface area contributed by atoms with Crippen LogP contribution in [0.3, 0.4) is 0 Å². The van der Waals surface area contributed by atoms with E-state index in [1.807, 2.05) is 0 Å². The minimum absolute atomic E-state index is 0.0533. The monoisotopic (exact) mass is 267 g/mol. The summed E-state index contributed by atoms with van der Waals surface area (Å²) in [5, 5.41) is 11.7. The van der Waals surface area contributed by atoms with Crippen LogP contribution in [0.15, 0.2) is 23.4 Å². The average molecular weight is 267 g/mol. The Morgan fingerprint density at radius 2 is 1.95 bits per heavy atom. The molecule has 0 aromatic heterocycles. The Labute approximate surface area is 113 Å². The second-order valence-electron chi connectivity index (χ2n) is 4.56. The molecule has 0 heterocycles. The number of halogens is 1. The molecule has 1 rings (SSSR count). The van der Waals surface area contributed by atoms with Crippen molar-refractivity contribution in [3.63, 3.8) is 0 Å². The Bertz CT molecular complexity index is 429. The van der Waals surface area contributed by atoms with Gasteiger partial charge in [-0.2, -0.15) is 0 Å². The molecule has 0 fully saturated rings. The van der Waals surface area contributed by atoms with E-state index in [1.165, 1.54) is 12.1 Å². The number of rotatable bonds is 7. The van der Waals surface area contributed by atoms with Gasteiger partial charge in [-0.05, 0) is 43.6 Å². The SMILES string of the molecule is CCCN(CCC)Cc1ccc(F)cc1C(N)=NO. The largest absolute Gasteiger partial charge is 0.409 e. The third-order valence-corrected chi connectivity index (χ3v) is 2.93. The third-order valence-electron chi connectivity index (χ3n) is 2.93. The van der Waals surface area contributed by atoms with Crippen LogP contribution in [0.1, 0.15) is 37.8 Å². The Hall–Kier alpha value is -1.62. The van der Waals surface area contributed by atoms with Crippen molar-refractivity contribution in [2.75, 3.05) is 13.1 Å². The third kappa shape index (κ3) is 4.52. The number of hydrogen-bond acceptors (Lipinski definition) is 3. The van der Waals surface area contributed by atoms with Crippen molar-refractivity contribution in [3.05, 3.63) is 35.1 Å². The van der Waals surface area contributed by atoms with Crippen LogP contribution in [-0.2, 0) is 6.54 Å². The second-order valence-corrected chi connectivity index (χ2v) is 4.56. The standard InChI is InChI=1S/C14H22FN3O/c1-3-7-18(8-4-2)10-11-5-6-12(15)9-13(11)14(16)17-19/h5-6,9,19H,3-4,7-8,10H2,1-2H3,(H2,16,17). The number of nitrogens with two attached hydrogens (primary N) is 1. The van der Waals surface area contributed by atoms with E-state index in [0.717, 1.165) is 31.5 Å². The highest BCUT2D eigenvalue weighted by atomic mass is 19.1. The van der Waals surface area contributed by atoms with Crippen molar-refractivity contribution >= 4 is 5.84 Å². The lowest BCUT2D eigenvalue weighted by molar-refractivity contribution is 0.266. The van der Waals surface area contributed by atoms with Crippen LogP contribution in [0, 0.1) is 5.82 Å². The molecule has 0 unspecified atom stereocenters. The van der Waals surface area contributed by atoms with Crippen molar-refractivity contribution in [3.8, 4) is 0 Å². The molecule has 0 aliphatic carbocycles. The predicted octanol–water partition coefficient (Wildman–Crippen LogP) is 2.54. The predicted molar refractivity (Wildman–Crippen MR) is 74.8 cm³/mol. The zero-order valence-electron chi connectivity index (χ0n) is 11.6. The summed E-state index contributed by atoms with van der Waals surface area (Å²) in [6.07, 6.45) is 2.11. The molecule has 1 aromatic carbocycles. The van der Waals surface area contributed by atoms with Gasteiger partial charge in [0.05, 0.1) is 0 Å². The van der Waals surface area contributed by atoms with Crippen LogP contribution in [0.2, 0.25) is 0 Å². The maximum atomic E-state index is 13.3. The van der Waals surface area contributed by atoms with Crippen LogP contribution < -0.4 is 5.73 Å². The van der Waals surface area contributed by atoms with E-state index in [0.29, 0.717) is 12.1 Å². The van der Waals surface area contributed by atoms with Gasteiger partial charge in [-0.25, -0.2) is 4.39 Å². The van der Waals surface area contributed by atoms with Gasteiger partial charge in [0.2, 0.25) is 0 Å². The van der Waals surface area contributed by atoms with E-state index >= 15 is 0 Å². The van der Waals surface area contributed by atoms with Gasteiger partial charge in [0.15, 0.2) is 5.84 Å². The Morgan fingerprint density at radius 3 is 2.47 bits per heavy atom. The van der Waals surface area contributed by atoms with Gasteiger partial charge in [0.1, 0.15) is 5.82 Å². The van der Waals surface area contributed by atoms with E-state index in [9.17, 15) is 4.39 Å². The van der Waals surface area contributed by atoms with Crippen LogP contribution in [0.5, 0.6) is 0 Å². The van der Waals surface area contributed by atoms with Crippen molar-refractivity contribution in [2.24, 2.45) is 10.9 Å². The molecule has 0 saturated heterocycles. The molecule has 0 radical (unpaired) electrons. The minimum Gasteiger partial charge on any atom is -0.409 e. The lowest BCUT2D eigenvalue weighted by Gasteiger charge is -2.22. The van der Waals surface area contributed by atoms with Gasteiger partial charge in [-0.15, -0.1) is 0 Å². The molecule has 3 N–H and O–H groups in total. The molecular formula is C14H22FN3O. The molecular weight excluding hydrogens is 245 g/mol. The van der Waals surface area contributed by atoms with Crippen molar-refractivity contribution in [1.82, 2.24) is 4.90 Å². The molecule has 0 amide bonds. The zero-order valence-corrected chi connectivity index (χ0v) is 11.6. The molecule has 0 spiro atoms. The molecule has 4 nitrogen and oxygen atoms in total. The number of oxime groups is 1. The van der Waals surface area contributed by atoms with Crippen LogP contribution >= 0.6 is 0 Å². The van der Waals surface area contributed by atoms with E-state index in [2.05, 4.69) is 23.9 Å². The Balaban J connectivity index is 2.98. The maximum Gasteiger partial charge on any atom is 0.170 e. The van der Waals surface area contributed by atoms with Crippen LogP contribution in [0.25, 0.3) is 0 Å². The van der Waals surface area contributed by atoms with E-state index in [-0.39, 0.29) is 11.7 Å². The highest BCUT2D eigenvalue weighted by Gasteiger charge is 2.12. The molecule has 0 atom stereocenters. The van der Waals surface area contributed by atoms with E-state index in [4.69, 9.17) is 10.9 Å². The molecule has 0 aliphatic heterocycles. The topological polar surface area (TPSA) is 61.8 Å². The summed E-state index contributed by atoms with van der Waals surface area (Å²) in [5.41, 5.74) is 6.93. The molecule has 1 aromatic rings. The first-order valence-electron chi connectivity index (χ1n) is 6.61. The van der Waals surface area contributed by atoms with E-state index in [1.54, 1.807) is 6.07 Å². The van der Waals surface area contributed by atoms with Gasteiger partial charge in [-0.1, -0.05) is 25.1 Å². The zero-order chi connectivity index (χ0) is 14.3. The first-order valence-corrected chi connectivity index (χ1v) is 6.61. The second kappa shape index (κ2) is 7.74. The fourth-order valence-corrected chi connectivity index (χ4v) is 2.12. The summed E-state index contributed by atoms with van der Waals surface area (Å²) in [4.78, 5) is 2.28. The Kier molecular flexibility index (Phi) is 6.29. The van der Waals surface area contributed by atoms with E-state index < -0.39 is 0 Å². The number of benzene rings is 1. The lowest BCUT2D eigenvalue weighted by atomic mass is 10.1. The fourth-order valence-electron chi connectivity index (χ4n) is 2.12. The van der Waals surface area contributed by atoms with Crippen LogP contribution in [0.4, 0.5) is 4.39 Å². The number of nitrogens with zero attached hydrogens (tertiary/aromatic N) is 2. The highest BCUT2D eigenvalue weighted by Crippen LogP contribution is 2.14. The summed E-state index contributed by atoms with van der Waals surface area (Å²) < 4.78 is 13.3. The summed E-state index contributed by atoms with van der Waals surface area (Å²) in [7, 11) is 0. The van der Waals surface area contributed by atoms with Crippen molar-refractivity contribution in [2.45, 2.75) is 33.2 Å². The maximum absolute atomic E-state index is 13.3. The molecule has 19 heavy (non-hydrogen) atoms. The minimum atomic E-state index is -0.386. The summed E-state index contributed by atoms with van der Waals surface area (Å²) in [6, 6.07) is 4.40. The Morgan fingerprint density at radius 1 is 1.32 bits per heavy atom. The molecule has 0 aliphatic rings. The molecule has 0 bridgehead atoms. The molecule has 0 saturated carbocycles.